The molecule has 1 unspecified atom stereocenters. The van der Waals surface area contributed by atoms with Gasteiger partial charge < -0.3 is 14.9 Å². The average molecular weight is 395 g/mol. The summed E-state index contributed by atoms with van der Waals surface area (Å²) >= 11 is 0. The first kappa shape index (κ1) is 23.8. The molecule has 0 spiro atoms. The van der Waals surface area contributed by atoms with Gasteiger partial charge in [0.2, 0.25) is 0 Å². The van der Waals surface area contributed by atoms with Gasteiger partial charge in [0.05, 0.1) is 12.4 Å². The molecule has 156 valence electrons. The molecule has 4 atom stereocenters. The number of ether oxygens (including phenoxy) is 1. The second-order valence-electron chi connectivity index (χ2n) is 7.50. The first-order chi connectivity index (χ1) is 12.3. The summed E-state index contributed by atoms with van der Waals surface area (Å²) in [5, 5.41) is 19.8. The number of hydrogen-bond donors (Lipinski definition) is 2. The molecule has 0 saturated carbocycles. The molecule has 1 aliphatic heterocycles. The van der Waals surface area contributed by atoms with Crippen LogP contribution in [0.3, 0.4) is 0 Å². The van der Waals surface area contributed by atoms with Crippen molar-refractivity contribution in [3.63, 3.8) is 0 Å². The Morgan fingerprint density at radius 3 is 1.77 bits per heavy atom. The van der Waals surface area contributed by atoms with Crippen molar-refractivity contribution in [1.29, 1.82) is 0 Å². The van der Waals surface area contributed by atoms with Gasteiger partial charge in [-0.15, -0.1) is 0 Å². The van der Waals surface area contributed by atoms with Gasteiger partial charge in [-0.25, -0.2) is 0 Å². The van der Waals surface area contributed by atoms with Crippen molar-refractivity contribution in [2.24, 2.45) is 0 Å². The maximum absolute atomic E-state index is 11.2. The third-order valence-corrected chi connectivity index (χ3v) is 5.51. The molecule has 1 saturated heterocycles. The Balaban J connectivity index is 2.01. The van der Waals surface area contributed by atoms with Crippen LogP contribution < -0.4 is 0 Å². The first-order valence-electron chi connectivity index (χ1n) is 10.2. The van der Waals surface area contributed by atoms with Crippen molar-refractivity contribution in [3.8, 4) is 0 Å². The van der Waals surface area contributed by atoms with E-state index in [1.165, 1.54) is 57.8 Å². The van der Waals surface area contributed by atoms with Crippen molar-refractivity contribution in [1.82, 2.24) is 0 Å². The van der Waals surface area contributed by atoms with Gasteiger partial charge in [0.25, 0.3) is 10.1 Å². The highest BCUT2D eigenvalue weighted by Gasteiger charge is 2.45. The SMILES string of the molecule is CCCCCCCCCCCCCC[C@H]1OC(O)[C@H](OS(C)(=O)=O)[C@@H]1O. The van der Waals surface area contributed by atoms with Crippen LogP contribution in [0.25, 0.3) is 0 Å². The summed E-state index contributed by atoms with van der Waals surface area (Å²) in [7, 11) is -3.74. The molecular weight excluding hydrogens is 356 g/mol. The molecular formula is C19H38O6S. The van der Waals surface area contributed by atoms with Gasteiger partial charge in [-0.3, -0.25) is 4.18 Å². The van der Waals surface area contributed by atoms with E-state index in [4.69, 9.17) is 8.92 Å². The largest absolute Gasteiger partial charge is 0.387 e. The Kier molecular flexibility index (Phi) is 12.0. The van der Waals surface area contributed by atoms with Crippen molar-refractivity contribution >= 4 is 10.1 Å². The maximum Gasteiger partial charge on any atom is 0.264 e. The Hall–Kier alpha value is -0.210. The van der Waals surface area contributed by atoms with Crippen molar-refractivity contribution in [2.45, 2.75) is 115 Å². The van der Waals surface area contributed by atoms with E-state index in [0.29, 0.717) is 6.42 Å². The lowest BCUT2D eigenvalue weighted by Crippen LogP contribution is -2.36. The van der Waals surface area contributed by atoms with Gasteiger partial charge in [-0.05, 0) is 6.42 Å². The molecule has 2 N–H and O–H groups in total. The number of hydrogen-bond acceptors (Lipinski definition) is 6. The summed E-state index contributed by atoms with van der Waals surface area (Å²) in [5.41, 5.74) is 0. The molecule has 0 aromatic rings. The molecule has 0 amide bonds. The predicted octanol–water partition coefficient (Wildman–Crippen LogP) is 3.50. The van der Waals surface area contributed by atoms with Gasteiger partial charge >= 0.3 is 0 Å². The van der Waals surface area contributed by atoms with Gasteiger partial charge in [0.15, 0.2) is 12.4 Å². The molecule has 0 bridgehead atoms. The molecule has 1 rings (SSSR count). The van der Waals surface area contributed by atoms with Gasteiger partial charge in [0.1, 0.15) is 6.10 Å². The molecule has 0 aromatic carbocycles. The second kappa shape index (κ2) is 13.0. The number of rotatable bonds is 15. The molecule has 1 fully saturated rings. The smallest absolute Gasteiger partial charge is 0.264 e. The highest BCUT2D eigenvalue weighted by atomic mass is 32.2. The Labute approximate surface area is 159 Å². The molecule has 1 heterocycles. The molecule has 1 aliphatic rings. The van der Waals surface area contributed by atoms with E-state index in [-0.39, 0.29) is 0 Å². The average Bonchev–Trinajstić information content (AvgIpc) is 2.82. The normalized spacial score (nSPS) is 26.5. The van der Waals surface area contributed by atoms with Crippen LogP contribution in [0.2, 0.25) is 0 Å². The number of aliphatic hydroxyl groups is 2. The van der Waals surface area contributed by atoms with Crippen LogP contribution in [-0.2, 0) is 19.0 Å². The van der Waals surface area contributed by atoms with Gasteiger partial charge in [0, 0.05) is 0 Å². The van der Waals surface area contributed by atoms with Crippen LogP contribution in [0.5, 0.6) is 0 Å². The monoisotopic (exact) mass is 394 g/mol. The van der Waals surface area contributed by atoms with Crippen molar-refractivity contribution in [2.75, 3.05) is 6.26 Å². The summed E-state index contributed by atoms with van der Waals surface area (Å²) in [6.07, 6.45) is 12.2. The van der Waals surface area contributed by atoms with E-state index < -0.39 is 34.7 Å². The Bertz CT molecular complexity index is 453. The summed E-state index contributed by atoms with van der Waals surface area (Å²) in [6.45, 7) is 2.24. The number of unbranched alkanes of at least 4 members (excludes halogenated alkanes) is 11. The van der Waals surface area contributed by atoms with Crippen LogP contribution in [0.1, 0.15) is 90.4 Å². The van der Waals surface area contributed by atoms with E-state index in [2.05, 4.69) is 6.92 Å². The van der Waals surface area contributed by atoms with Crippen LogP contribution in [-0.4, -0.2) is 49.5 Å². The van der Waals surface area contributed by atoms with Crippen molar-refractivity contribution in [3.05, 3.63) is 0 Å². The zero-order valence-electron chi connectivity index (χ0n) is 16.4. The number of aliphatic hydroxyl groups excluding tert-OH is 2. The lowest BCUT2D eigenvalue weighted by Gasteiger charge is -2.16. The molecule has 6 nitrogen and oxygen atoms in total. The topological polar surface area (TPSA) is 93.1 Å². The maximum atomic E-state index is 11.2. The van der Waals surface area contributed by atoms with Crippen LogP contribution in [0.4, 0.5) is 0 Å². The standard InChI is InChI=1S/C19H38O6S/c1-3-4-5-6-7-8-9-10-11-12-13-14-15-16-17(20)18(19(21)24-16)25-26(2,22)23/h16-21H,3-15H2,1-2H3/t16-,17-,18-,19?/m1/s1. The van der Waals surface area contributed by atoms with E-state index >= 15 is 0 Å². The fourth-order valence-electron chi connectivity index (χ4n) is 3.45. The summed E-state index contributed by atoms with van der Waals surface area (Å²) in [5.74, 6) is 0. The van der Waals surface area contributed by atoms with E-state index in [9.17, 15) is 18.6 Å². The van der Waals surface area contributed by atoms with Gasteiger partial charge in [-0.2, -0.15) is 8.42 Å². The van der Waals surface area contributed by atoms with Crippen LogP contribution >= 0.6 is 0 Å². The summed E-state index contributed by atoms with van der Waals surface area (Å²) in [6, 6.07) is 0. The third kappa shape index (κ3) is 10.2. The minimum atomic E-state index is -3.74. The second-order valence-corrected chi connectivity index (χ2v) is 9.10. The van der Waals surface area contributed by atoms with Crippen LogP contribution in [0, 0.1) is 0 Å². The Morgan fingerprint density at radius 1 is 0.846 bits per heavy atom. The van der Waals surface area contributed by atoms with E-state index in [0.717, 1.165) is 25.5 Å². The fraction of sp³-hybridized carbons (Fsp3) is 1.00. The zero-order chi connectivity index (χ0) is 19.4. The zero-order valence-corrected chi connectivity index (χ0v) is 17.3. The molecule has 0 aromatic heterocycles. The lowest BCUT2D eigenvalue weighted by molar-refractivity contribution is -0.121. The highest BCUT2D eigenvalue weighted by molar-refractivity contribution is 7.86. The molecule has 0 radical (unpaired) electrons. The predicted molar refractivity (Wildman–Crippen MR) is 102 cm³/mol. The minimum Gasteiger partial charge on any atom is -0.387 e. The van der Waals surface area contributed by atoms with Crippen LogP contribution in [0.15, 0.2) is 0 Å². The van der Waals surface area contributed by atoms with E-state index in [1.54, 1.807) is 0 Å². The molecule has 7 heteroatoms. The quantitative estimate of drug-likeness (QED) is 0.326. The first-order valence-corrected chi connectivity index (χ1v) is 12.1. The summed E-state index contributed by atoms with van der Waals surface area (Å²) in [4.78, 5) is 0. The molecule has 0 aliphatic carbocycles. The molecule has 26 heavy (non-hydrogen) atoms. The fourth-order valence-corrected chi connectivity index (χ4v) is 4.06. The third-order valence-electron chi connectivity index (χ3n) is 4.94. The van der Waals surface area contributed by atoms with Crippen molar-refractivity contribution < 1.29 is 27.6 Å². The summed E-state index contributed by atoms with van der Waals surface area (Å²) < 4.78 is 32.3. The van der Waals surface area contributed by atoms with E-state index in [1.807, 2.05) is 0 Å². The van der Waals surface area contributed by atoms with Gasteiger partial charge in [-0.1, -0.05) is 84.0 Å². The Morgan fingerprint density at radius 2 is 1.31 bits per heavy atom. The lowest BCUT2D eigenvalue weighted by atomic mass is 10.0. The highest BCUT2D eigenvalue weighted by Crippen LogP contribution is 2.27. The minimum absolute atomic E-state index is 0.570.